The molecule has 2 heteroatoms. The number of aryl methyl sites for hydroxylation is 1. The van der Waals surface area contributed by atoms with Crippen LogP contribution in [0, 0.1) is 0 Å². The van der Waals surface area contributed by atoms with Gasteiger partial charge in [0.15, 0.2) is 0 Å². The lowest BCUT2D eigenvalue weighted by atomic mass is 9.86. The third-order valence-electron chi connectivity index (χ3n) is 2.84. The Bertz CT molecular complexity index is 311. The first kappa shape index (κ1) is 13.7. The van der Waals surface area contributed by atoms with Gasteiger partial charge < -0.3 is 4.89 Å². The van der Waals surface area contributed by atoms with Crippen LogP contribution in [0.3, 0.4) is 0 Å². The maximum Gasteiger partial charge on any atom is 0.0251 e. The molecule has 0 heterocycles. The van der Waals surface area contributed by atoms with Crippen molar-refractivity contribution in [2.45, 2.75) is 39.5 Å². The Labute approximate surface area is 101 Å². The lowest BCUT2D eigenvalue weighted by Crippen LogP contribution is -2.10. The third kappa shape index (κ3) is 4.23. The van der Waals surface area contributed by atoms with E-state index < -0.39 is 8.15 Å². The maximum atomic E-state index is 9.57. The molecular formula is C14H23OP. The molecule has 1 nitrogen and oxygen atoms in total. The van der Waals surface area contributed by atoms with E-state index >= 15 is 0 Å². The second-order valence-electron chi connectivity index (χ2n) is 5.24. The van der Waals surface area contributed by atoms with Gasteiger partial charge in [0, 0.05) is 8.15 Å². The largest absolute Gasteiger partial charge is 0.374 e. The summed E-state index contributed by atoms with van der Waals surface area (Å²) in [5.74, 6) is 0. The van der Waals surface area contributed by atoms with E-state index in [0.29, 0.717) is 0 Å². The molecule has 1 N–H and O–H groups in total. The summed E-state index contributed by atoms with van der Waals surface area (Å²) in [5, 5.41) is 0. The number of hydrogen-bond acceptors (Lipinski definition) is 1. The first-order valence-electron chi connectivity index (χ1n) is 5.96. The molecule has 0 amide bonds. The van der Waals surface area contributed by atoms with E-state index in [1.54, 1.807) is 0 Å². The van der Waals surface area contributed by atoms with E-state index in [2.05, 4.69) is 52.0 Å². The lowest BCUT2D eigenvalue weighted by molar-refractivity contribution is 0.590. The van der Waals surface area contributed by atoms with Crippen LogP contribution in [-0.2, 0) is 11.8 Å². The standard InChI is InChI=1S/C14H23OP/c1-5-16(15)11-10-12-6-8-13(9-7-12)14(2,3)4/h6-9,15H,5,10-11H2,1-4H3. The molecule has 0 aromatic heterocycles. The quantitative estimate of drug-likeness (QED) is 0.788. The summed E-state index contributed by atoms with van der Waals surface area (Å²) >= 11 is 0. The van der Waals surface area contributed by atoms with Gasteiger partial charge in [-0.15, -0.1) is 0 Å². The Kier molecular flexibility index (Phi) is 4.95. The van der Waals surface area contributed by atoms with Crippen molar-refractivity contribution in [3.8, 4) is 0 Å². The predicted octanol–water partition coefficient (Wildman–Crippen LogP) is 3.94. The smallest absolute Gasteiger partial charge is 0.0251 e. The van der Waals surface area contributed by atoms with Gasteiger partial charge in [0.05, 0.1) is 0 Å². The van der Waals surface area contributed by atoms with E-state index in [-0.39, 0.29) is 5.41 Å². The minimum Gasteiger partial charge on any atom is -0.374 e. The molecule has 1 rings (SSSR count). The van der Waals surface area contributed by atoms with Gasteiger partial charge in [-0.3, -0.25) is 0 Å². The zero-order valence-electron chi connectivity index (χ0n) is 10.8. The van der Waals surface area contributed by atoms with E-state index in [1.807, 2.05) is 0 Å². The fourth-order valence-electron chi connectivity index (χ4n) is 1.59. The van der Waals surface area contributed by atoms with Crippen molar-refractivity contribution in [3.05, 3.63) is 35.4 Å². The molecule has 0 saturated heterocycles. The third-order valence-corrected chi connectivity index (χ3v) is 4.31. The normalized spacial score (nSPS) is 13.8. The molecule has 0 aliphatic carbocycles. The summed E-state index contributed by atoms with van der Waals surface area (Å²) in [4.78, 5) is 9.57. The van der Waals surface area contributed by atoms with Crippen molar-refractivity contribution in [1.29, 1.82) is 0 Å². The van der Waals surface area contributed by atoms with Gasteiger partial charge in [0.25, 0.3) is 0 Å². The van der Waals surface area contributed by atoms with Gasteiger partial charge >= 0.3 is 0 Å². The molecule has 0 aliphatic heterocycles. The molecule has 1 aromatic carbocycles. The van der Waals surface area contributed by atoms with Crippen LogP contribution in [0.1, 0.15) is 38.8 Å². The zero-order chi connectivity index (χ0) is 12.2. The Balaban J connectivity index is 2.58. The maximum absolute atomic E-state index is 9.57. The highest BCUT2D eigenvalue weighted by Gasteiger charge is 2.12. The second kappa shape index (κ2) is 5.80. The highest BCUT2D eigenvalue weighted by Crippen LogP contribution is 2.30. The van der Waals surface area contributed by atoms with E-state index in [0.717, 1.165) is 18.7 Å². The molecule has 0 radical (unpaired) electrons. The zero-order valence-corrected chi connectivity index (χ0v) is 11.7. The Morgan fingerprint density at radius 2 is 1.69 bits per heavy atom. The summed E-state index contributed by atoms with van der Waals surface area (Å²) in [6.45, 7) is 8.73. The van der Waals surface area contributed by atoms with E-state index in [4.69, 9.17) is 0 Å². The molecule has 0 fully saturated rings. The second-order valence-corrected chi connectivity index (χ2v) is 7.34. The minimum absolute atomic E-state index is 0.228. The van der Waals surface area contributed by atoms with Crippen molar-refractivity contribution in [2.75, 3.05) is 12.3 Å². The van der Waals surface area contributed by atoms with Crippen molar-refractivity contribution < 1.29 is 4.89 Å². The summed E-state index contributed by atoms with van der Waals surface area (Å²) in [7, 11) is -0.732. The van der Waals surface area contributed by atoms with Gasteiger partial charge in [-0.05, 0) is 35.3 Å². The lowest BCUT2D eigenvalue weighted by Gasteiger charge is -2.19. The fourth-order valence-corrected chi connectivity index (χ4v) is 2.42. The molecule has 1 unspecified atom stereocenters. The molecule has 0 aliphatic rings. The molecular weight excluding hydrogens is 215 g/mol. The van der Waals surface area contributed by atoms with Crippen LogP contribution in [0.25, 0.3) is 0 Å². The van der Waals surface area contributed by atoms with Gasteiger partial charge in [-0.25, -0.2) is 0 Å². The summed E-state index contributed by atoms with van der Waals surface area (Å²) < 4.78 is 0. The summed E-state index contributed by atoms with van der Waals surface area (Å²) in [6, 6.07) is 8.81. The van der Waals surface area contributed by atoms with Gasteiger partial charge in [0.1, 0.15) is 0 Å². The van der Waals surface area contributed by atoms with E-state index in [9.17, 15) is 4.89 Å². The van der Waals surface area contributed by atoms with Gasteiger partial charge in [0.2, 0.25) is 0 Å². The van der Waals surface area contributed by atoms with Crippen LogP contribution in [0.15, 0.2) is 24.3 Å². The predicted molar refractivity (Wildman–Crippen MR) is 73.4 cm³/mol. The average Bonchev–Trinajstić information content (AvgIpc) is 2.25. The highest BCUT2D eigenvalue weighted by molar-refractivity contribution is 7.51. The average molecular weight is 238 g/mol. The monoisotopic (exact) mass is 238 g/mol. The molecule has 1 aromatic rings. The SMILES string of the molecule is CCP(O)CCc1ccc(C(C)(C)C)cc1. The Hall–Kier alpha value is -0.390. The first-order chi connectivity index (χ1) is 7.43. The number of benzene rings is 1. The van der Waals surface area contributed by atoms with Gasteiger partial charge in [-0.1, -0.05) is 52.0 Å². The minimum atomic E-state index is -0.732. The van der Waals surface area contributed by atoms with Crippen LogP contribution in [0.2, 0.25) is 0 Å². The van der Waals surface area contributed by atoms with Crippen LogP contribution in [-0.4, -0.2) is 17.2 Å². The van der Waals surface area contributed by atoms with Crippen molar-refractivity contribution in [3.63, 3.8) is 0 Å². The van der Waals surface area contributed by atoms with Crippen LogP contribution >= 0.6 is 8.15 Å². The number of rotatable bonds is 4. The fraction of sp³-hybridized carbons (Fsp3) is 0.571. The highest BCUT2D eigenvalue weighted by atomic mass is 31.1. The van der Waals surface area contributed by atoms with Gasteiger partial charge in [-0.2, -0.15) is 0 Å². The van der Waals surface area contributed by atoms with Crippen molar-refractivity contribution in [1.82, 2.24) is 0 Å². The molecule has 16 heavy (non-hydrogen) atoms. The molecule has 90 valence electrons. The van der Waals surface area contributed by atoms with Crippen molar-refractivity contribution >= 4 is 8.15 Å². The summed E-state index contributed by atoms with van der Waals surface area (Å²) in [6.07, 6.45) is 2.84. The molecule has 0 bridgehead atoms. The Morgan fingerprint density at radius 1 is 1.12 bits per heavy atom. The Morgan fingerprint density at radius 3 is 2.12 bits per heavy atom. The molecule has 1 atom stereocenters. The van der Waals surface area contributed by atoms with Crippen molar-refractivity contribution in [2.24, 2.45) is 0 Å². The van der Waals surface area contributed by atoms with E-state index in [1.165, 1.54) is 11.1 Å². The van der Waals surface area contributed by atoms with Crippen LogP contribution in [0.5, 0.6) is 0 Å². The molecule has 0 spiro atoms. The first-order valence-corrected chi connectivity index (χ1v) is 7.63. The van der Waals surface area contributed by atoms with Crippen LogP contribution < -0.4 is 0 Å². The molecule has 0 saturated carbocycles. The summed E-state index contributed by atoms with van der Waals surface area (Å²) in [5.41, 5.74) is 2.94. The number of hydrogen-bond donors (Lipinski definition) is 1. The topological polar surface area (TPSA) is 20.2 Å². The van der Waals surface area contributed by atoms with Crippen LogP contribution in [0.4, 0.5) is 0 Å².